The van der Waals surface area contributed by atoms with E-state index in [0.717, 1.165) is 36.6 Å². The summed E-state index contributed by atoms with van der Waals surface area (Å²) in [5, 5.41) is 14.7. The highest BCUT2D eigenvalue weighted by Gasteiger charge is 2.42. The van der Waals surface area contributed by atoms with Gasteiger partial charge in [-0.2, -0.15) is 0 Å². The van der Waals surface area contributed by atoms with E-state index in [1.165, 1.54) is 4.90 Å². The number of pyridine rings is 1. The summed E-state index contributed by atoms with van der Waals surface area (Å²) in [6, 6.07) is 9.72. The Balaban J connectivity index is 1.38. The minimum Gasteiger partial charge on any atom is -0.444 e. The Labute approximate surface area is 224 Å². The van der Waals surface area contributed by atoms with Crippen LogP contribution in [0.1, 0.15) is 76.7 Å². The van der Waals surface area contributed by atoms with Crippen molar-refractivity contribution in [3.05, 3.63) is 46.2 Å². The Kier molecular flexibility index (Phi) is 8.18. The van der Waals surface area contributed by atoms with Gasteiger partial charge in [0.05, 0.1) is 18.2 Å². The van der Waals surface area contributed by atoms with E-state index in [9.17, 15) is 19.5 Å². The molecule has 2 N–H and O–H groups in total. The van der Waals surface area contributed by atoms with Crippen LogP contribution in [0.2, 0.25) is 0 Å². The molecule has 2 aromatic rings. The van der Waals surface area contributed by atoms with Crippen molar-refractivity contribution in [2.24, 2.45) is 0 Å². The lowest BCUT2D eigenvalue weighted by Gasteiger charge is -2.40. The minimum absolute atomic E-state index is 0.0313. The number of fused-ring (bicyclic) bond motifs is 3. The summed E-state index contributed by atoms with van der Waals surface area (Å²) in [7, 11) is 1.63. The van der Waals surface area contributed by atoms with E-state index in [0.29, 0.717) is 6.54 Å². The number of nitrogens with one attached hydrogen (secondary N) is 1. The zero-order valence-corrected chi connectivity index (χ0v) is 23.4. The highest BCUT2D eigenvalue weighted by atomic mass is 16.6. The number of piperidine rings is 1. The number of amides is 2. The molecule has 208 valence electrons. The number of ether oxygens (including phenoxy) is 1. The Morgan fingerprint density at radius 3 is 2.39 bits per heavy atom. The average molecular weight is 527 g/mol. The molecule has 9 heteroatoms. The summed E-state index contributed by atoms with van der Waals surface area (Å²) in [5.41, 5.74) is 0.143. The number of hydrogen-bond acceptors (Lipinski definition) is 6. The molecule has 0 aliphatic carbocycles. The van der Waals surface area contributed by atoms with Crippen LogP contribution in [-0.2, 0) is 4.74 Å². The molecule has 4 atom stereocenters. The standard InChI is InChI=1S/C29H42N4O5/c1-18(2)33-25-10-8-7-9-19(25)13-24(27(33)36)26(35)30-20-14-21-11-12-22(15-20)32(21)17-23(34)16-31(6)28(37)38-29(3,4)5/h7-10,13,18,20-23,34H,11-12,14-17H2,1-6H3,(H,30,35)/t20?,21-,22+,23-/m0/s1. The zero-order valence-electron chi connectivity index (χ0n) is 23.4. The maximum atomic E-state index is 13.3. The predicted octanol–water partition coefficient (Wildman–Crippen LogP) is 3.54. The second-order valence-electron chi connectivity index (χ2n) is 12.1. The largest absolute Gasteiger partial charge is 0.444 e. The van der Waals surface area contributed by atoms with Gasteiger partial charge in [-0.25, -0.2) is 4.79 Å². The average Bonchev–Trinajstić information content (AvgIpc) is 3.04. The van der Waals surface area contributed by atoms with E-state index in [1.54, 1.807) is 17.7 Å². The lowest BCUT2D eigenvalue weighted by atomic mass is 9.96. The molecule has 0 radical (unpaired) electrons. The molecule has 9 nitrogen and oxygen atoms in total. The molecule has 4 rings (SSSR count). The number of benzene rings is 1. The van der Waals surface area contributed by atoms with Crippen molar-refractivity contribution in [1.82, 2.24) is 19.7 Å². The first kappa shape index (κ1) is 28.1. The van der Waals surface area contributed by atoms with Crippen molar-refractivity contribution in [1.29, 1.82) is 0 Å². The number of carbonyl (C=O) groups excluding carboxylic acids is 2. The number of hydrogen-bond donors (Lipinski definition) is 2. The molecule has 2 saturated heterocycles. The molecular weight excluding hydrogens is 484 g/mol. The maximum Gasteiger partial charge on any atom is 0.410 e. The molecule has 2 amide bonds. The van der Waals surface area contributed by atoms with Gasteiger partial charge in [0, 0.05) is 37.8 Å². The summed E-state index contributed by atoms with van der Waals surface area (Å²) < 4.78 is 7.07. The first-order valence-corrected chi connectivity index (χ1v) is 13.7. The van der Waals surface area contributed by atoms with Crippen molar-refractivity contribution < 1.29 is 19.4 Å². The van der Waals surface area contributed by atoms with E-state index in [-0.39, 0.29) is 47.7 Å². The van der Waals surface area contributed by atoms with Gasteiger partial charge in [0.1, 0.15) is 11.2 Å². The smallest absolute Gasteiger partial charge is 0.410 e. The number of likely N-dealkylation sites (N-methyl/N-ethyl adjacent to an activating group) is 1. The van der Waals surface area contributed by atoms with Gasteiger partial charge in [0.15, 0.2) is 0 Å². The lowest BCUT2D eigenvalue weighted by molar-refractivity contribution is 0.00914. The van der Waals surface area contributed by atoms with Gasteiger partial charge in [-0.15, -0.1) is 0 Å². The van der Waals surface area contributed by atoms with Crippen LogP contribution >= 0.6 is 0 Å². The molecule has 38 heavy (non-hydrogen) atoms. The minimum atomic E-state index is -0.700. The van der Waals surface area contributed by atoms with E-state index >= 15 is 0 Å². The summed E-state index contributed by atoms with van der Waals surface area (Å²) in [6.07, 6.45) is 2.38. The normalized spacial score (nSPS) is 22.5. The quantitative estimate of drug-likeness (QED) is 0.572. The molecule has 1 aromatic carbocycles. The Hall–Kier alpha value is -2.91. The number of aliphatic hydroxyl groups excluding tert-OH is 1. The third kappa shape index (κ3) is 6.21. The van der Waals surface area contributed by atoms with E-state index < -0.39 is 17.8 Å². The van der Waals surface area contributed by atoms with Crippen LogP contribution in [0.3, 0.4) is 0 Å². The molecule has 2 aliphatic heterocycles. The SMILES string of the molecule is CC(C)n1c(=O)c(C(=O)NC2C[C@H]3CC[C@@H](C2)N3C[C@@H](O)CN(C)C(=O)OC(C)(C)C)cc2ccccc21. The van der Waals surface area contributed by atoms with Crippen molar-refractivity contribution >= 4 is 22.9 Å². The number of carbonyl (C=O) groups is 2. The Bertz CT molecular complexity index is 1220. The summed E-state index contributed by atoms with van der Waals surface area (Å²) in [4.78, 5) is 42.6. The highest BCUT2D eigenvalue weighted by molar-refractivity contribution is 5.97. The first-order valence-electron chi connectivity index (χ1n) is 13.7. The molecule has 1 unspecified atom stereocenters. The third-order valence-electron chi connectivity index (χ3n) is 7.54. The molecule has 1 aromatic heterocycles. The molecule has 0 saturated carbocycles. The van der Waals surface area contributed by atoms with Crippen LogP contribution in [-0.4, -0.2) is 81.4 Å². The number of nitrogens with zero attached hydrogens (tertiary/aromatic N) is 3. The molecule has 2 fully saturated rings. The van der Waals surface area contributed by atoms with Gasteiger partial charge < -0.3 is 24.6 Å². The fourth-order valence-electron chi connectivity index (χ4n) is 5.95. The van der Waals surface area contributed by atoms with Gasteiger partial charge in [-0.05, 0) is 77.8 Å². The number of para-hydroxylation sites is 1. The lowest BCUT2D eigenvalue weighted by Crippen LogP contribution is -2.53. The number of aromatic nitrogens is 1. The highest BCUT2D eigenvalue weighted by Crippen LogP contribution is 2.36. The van der Waals surface area contributed by atoms with Gasteiger partial charge >= 0.3 is 6.09 Å². The van der Waals surface area contributed by atoms with Crippen LogP contribution in [0.4, 0.5) is 4.79 Å². The Morgan fingerprint density at radius 1 is 1.16 bits per heavy atom. The third-order valence-corrected chi connectivity index (χ3v) is 7.54. The van der Waals surface area contributed by atoms with E-state index in [1.807, 2.05) is 58.9 Å². The summed E-state index contributed by atoms with van der Waals surface area (Å²) in [5.74, 6) is -0.327. The van der Waals surface area contributed by atoms with Crippen LogP contribution in [0.15, 0.2) is 35.1 Å². The molecule has 0 spiro atoms. The molecule has 2 aliphatic rings. The fourth-order valence-corrected chi connectivity index (χ4v) is 5.95. The second kappa shape index (κ2) is 11.1. The fraction of sp³-hybridized carbons (Fsp3) is 0.621. The maximum absolute atomic E-state index is 13.3. The zero-order chi connectivity index (χ0) is 27.8. The van der Waals surface area contributed by atoms with Crippen LogP contribution in [0, 0.1) is 0 Å². The van der Waals surface area contributed by atoms with E-state index in [2.05, 4.69) is 10.2 Å². The van der Waals surface area contributed by atoms with Crippen molar-refractivity contribution in [2.45, 2.75) is 96.2 Å². The second-order valence-corrected chi connectivity index (χ2v) is 12.1. The molecular formula is C29H42N4O5. The Morgan fingerprint density at radius 2 is 1.79 bits per heavy atom. The summed E-state index contributed by atoms with van der Waals surface area (Å²) in [6.45, 7) is 9.99. The van der Waals surface area contributed by atoms with E-state index in [4.69, 9.17) is 4.74 Å². The number of rotatable bonds is 7. The van der Waals surface area contributed by atoms with Crippen LogP contribution in [0.25, 0.3) is 10.9 Å². The molecule has 2 bridgehead atoms. The first-order chi connectivity index (χ1) is 17.8. The predicted molar refractivity (Wildman–Crippen MR) is 147 cm³/mol. The van der Waals surface area contributed by atoms with Crippen molar-refractivity contribution in [3.63, 3.8) is 0 Å². The van der Waals surface area contributed by atoms with Gasteiger partial charge in [-0.1, -0.05) is 18.2 Å². The van der Waals surface area contributed by atoms with Gasteiger partial charge in [-0.3, -0.25) is 14.5 Å². The topological polar surface area (TPSA) is 104 Å². The van der Waals surface area contributed by atoms with Crippen LogP contribution in [0.5, 0.6) is 0 Å². The van der Waals surface area contributed by atoms with Crippen LogP contribution < -0.4 is 10.9 Å². The van der Waals surface area contributed by atoms with Crippen molar-refractivity contribution in [3.8, 4) is 0 Å². The number of aliphatic hydroxyl groups is 1. The van der Waals surface area contributed by atoms with Gasteiger partial charge in [0.25, 0.3) is 11.5 Å². The van der Waals surface area contributed by atoms with Gasteiger partial charge in [0.2, 0.25) is 0 Å². The monoisotopic (exact) mass is 526 g/mol. The van der Waals surface area contributed by atoms with Crippen molar-refractivity contribution in [2.75, 3.05) is 20.1 Å². The molecule has 3 heterocycles. The summed E-state index contributed by atoms with van der Waals surface area (Å²) >= 11 is 0.